The molecule has 0 bridgehead atoms. The summed E-state index contributed by atoms with van der Waals surface area (Å²) in [6, 6.07) is 0. The SMILES string of the molecule is C=CN(N=C)C(N)=[N+]=C. The van der Waals surface area contributed by atoms with Crippen LogP contribution in [0.2, 0.25) is 0 Å². The highest BCUT2D eigenvalue weighted by Crippen LogP contribution is 1.81. The van der Waals surface area contributed by atoms with Crippen LogP contribution in [0.1, 0.15) is 0 Å². The van der Waals surface area contributed by atoms with Gasteiger partial charge in [-0.25, -0.2) is 4.67 Å². The van der Waals surface area contributed by atoms with Gasteiger partial charge in [0.05, 0.1) is 6.20 Å². The molecule has 0 fully saturated rings. The Hall–Kier alpha value is -1.54. The van der Waals surface area contributed by atoms with Crippen molar-refractivity contribution < 1.29 is 0 Å². The summed E-state index contributed by atoms with van der Waals surface area (Å²) in [4.78, 5) is 0. The Morgan fingerprint density at radius 1 is 1.78 bits per heavy atom. The summed E-state index contributed by atoms with van der Waals surface area (Å²) < 4.78 is 3.40. The fourth-order valence-corrected chi connectivity index (χ4v) is 0.296. The van der Waals surface area contributed by atoms with Crippen LogP contribution in [0.15, 0.2) is 17.9 Å². The number of guanidine groups is 1. The quantitative estimate of drug-likeness (QED) is 0.226. The lowest BCUT2D eigenvalue weighted by Crippen LogP contribution is -2.30. The third-order valence-corrected chi connectivity index (χ3v) is 0.722. The molecule has 0 rings (SSSR count). The molecule has 4 heteroatoms. The second-order valence-corrected chi connectivity index (χ2v) is 1.18. The molecule has 0 heterocycles. The molecule has 0 aliphatic carbocycles. The molecule has 4 nitrogen and oxygen atoms in total. The maximum atomic E-state index is 5.25. The average Bonchev–Trinajstić information content (AvgIpc) is 1.90. The van der Waals surface area contributed by atoms with Gasteiger partial charge in [0.25, 0.3) is 0 Å². The number of nitrogens with zero attached hydrogens (tertiary/aromatic N) is 3. The molecular weight excluding hydrogens is 116 g/mol. The van der Waals surface area contributed by atoms with Gasteiger partial charge in [0.1, 0.15) is 6.72 Å². The Morgan fingerprint density at radius 2 is 2.33 bits per heavy atom. The molecule has 0 saturated carbocycles. The largest absolute Gasteiger partial charge is 0.466 e. The molecule has 0 aromatic rings. The van der Waals surface area contributed by atoms with E-state index in [-0.39, 0.29) is 5.96 Å². The standard InChI is InChI=1S/C5H8N4/c1-4-9(8-3)5(6)7-2/h4,6H,1-3H2/p+1. The van der Waals surface area contributed by atoms with Gasteiger partial charge in [-0.3, -0.25) is 5.73 Å². The normalized spacial score (nSPS) is 7.11. The highest BCUT2D eigenvalue weighted by Gasteiger charge is 2.07. The molecule has 0 aliphatic rings. The maximum Gasteiger partial charge on any atom is 0.466 e. The molecule has 0 aliphatic heterocycles. The molecule has 0 saturated heterocycles. The highest BCUT2D eigenvalue weighted by atomic mass is 15.5. The molecule has 0 aromatic carbocycles. The fraction of sp³-hybridized carbons (Fsp3) is 0. The van der Waals surface area contributed by atoms with Crippen molar-refractivity contribution in [1.29, 1.82) is 0 Å². The lowest BCUT2D eigenvalue weighted by Gasteiger charge is -1.96. The molecule has 0 aromatic heterocycles. The molecule has 0 atom stereocenters. The molecular formula is C5H9N4+. The molecule has 0 radical (unpaired) electrons. The van der Waals surface area contributed by atoms with Gasteiger partial charge in [0.15, 0.2) is 0 Å². The van der Waals surface area contributed by atoms with Crippen LogP contribution in [0.3, 0.4) is 0 Å². The fourth-order valence-electron chi connectivity index (χ4n) is 0.296. The van der Waals surface area contributed by atoms with E-state index in [0.29, 0.717) is 0 Å². The van der Waals surface area contributed by atoms with Crippen molar-refractivity contribution in [3.8, 4) is 0 Å². The van der Waals surface area contributed by atoms with Gasteiger partial charge in [-0.05, 0) is 0 Å². The van der Waals surface area contributed by atoms with E-state index in [1.54, 1.807) is 0 Å². The van der Waals surface area contributed by atoms with Crippen LogP contribution >= 0.6 is 0 Å². The Kier molecular flexibility index (Phi) is 2.87. The van der Waals surface area contributed by atoms with Crippen molar-refractivity contribution in [2.45, 2.75) is 0 Å². The third-order valence-electron chi connectivity index (χ3n) is 0.722. The van der Waals surface area contributed by atoms with Crippen molar-refractivity contribution in [3.63, 3.8) is 0 Å². The molecule has 0 spiro atoms. The lowest BCUT2D eigenvalue weighted by atomic mass is 10.8. The Bertz CT molecular complexity index is 158. The molecule has 48 valence electrons. The zero-order valence-corrected chi connectivity index (χ0v) is 5.12. The average molecular weight is 125 g/mol. The minimum atomic E-state index is 0.167. The zero-order chi connectivity index (χ0) is 7.28. The van der Waals surface area contributed by atoms with Crippen LogP contribution in [0.5, 0.6) is 0 Å². The van der Waals surface area contributed by atoms with Gasteiger partial charge in [-0.2, -0.15) is 0 Å². The Balaban J connectivity index is 4.29. The highest BCUT2D eigenvalue weighted by molar-refractivity contribution is 5.78. The smallest absolute Gasteiger partial charge is 0.274 e. The summed E-state index contributed by atoms with van der Waals surface area (Å²) >= 11 is 0. The minimum absolute atomic E-state index is 0.167. The van der Waals surface area contributed by atoms with E-state index in [0.717, 1.165) is 0 Å². The molecule has 2 N–H and O–H groups in total. The summed E-state index contributed by atoms with van der Waals surface area (Å²) in [6.07, 6.45) is 1.39. The second kappa shape index (κ2) is 3.46. The van der Waals surface area contributed by atoms with Crippen LogP contribution in [-0.4, -0.2) is 24.4 Å². The Labute approximate surface area is 53.7 Å². The van der Waals surface area contributed by atoms with Gasteiger partial charge in [-0.15, -0.1) is 10.1 Å². The minimum Gasteiger partial charge on any atom is -0.274 e. The topological polar surface area (TPSA) is 55.7 Å². The van der Waals surface area contributed by atoms with Gasteiger partial charge >= 0.3 is 5.96 Å². The van der Waals surface area contributed by atoms with Crippen molar-refractivity contribution >= 4 is 19.4 Å². The van der Waals surface area contributed by atoms with Gasteiger partial charge in [0, 0.05) is 6.72 Å². The van der Waals surface area contributed by atoms with Crippen molar-refractivity contribution in [2.75, 3.05) is 0 Å². The molecule has 9 heavy (non-hydrogen) atoms. The number of hydrazone groups is 1. The first kappa shape index (κ1) is 7.46. The number of hydrogen-bond acceptors (Lipinski definition) is 1. The summed E-state index contributed by atoms with van der Waals surface area (Å²) in [5.74, 6) is 0.167. The summed E-state index contributed by atoms with van der Waals surface area (Å²) in [5, 5.41) is 4.66. The van der Waals surface area contributed by atoms with Crippen molar-refractivity contribution in [2.24, 2.45) is 10.8 Å². The van der Waals surface area contributed by atoms with Gasteiger partial charge < -0.3 is 0 Å². The van der Waals surface area contributed by atoms with E-state index in [4.69, 9.17) is 5.73 Å². The number of hydrogen-bond donors (Lipinski definition) is 1. The Morgan fingerprint density at radius 3 is 2.44 bits per heavy atom. The first-order valence-electron chi connectivity index (χ1n) is 2.23. The first-order valence-corrected chi connectivity index (χ1v) is 2.23. The van der Waals surface area contributed by atoms with Crippen molar-refractivity contribution in [1.82, 2.24) is 9.68 Å². The molecule has 0 unspecified atom stereocenters. The van der Waals surface area contributed by atoms with Crippen molar-refractivity contribution in [3.05, 3.63) is 12.8 Å². The maximum absolute atomic E-state index is 5.25. The first-order chi connectivity index (χ1) is 4.26. The van der Waals surface area contributed by atoms with Crippen LogP contribution in [-0.2, 0) is 0 Å². The van der Waals surface area contributed by atoms with Crippen LogP contribution in [0.4, 0.5) is 0 Å². The van der Waals surface area contributed by atoms with Crippen LogP contribution in [0, 0.1) is 0 Å². The number of nitrogens with two attached hydrogens (primary N) is 1. The van der Waals surface area contributed by atoms with E-state index in [1.165, 1.54) is 11.2 Å². The van der Waals surface area contributed by atoms with E-state index in [1.807, 2.05) is 0 Å². The molecule has 0 amide bonds. The lowest BCUT2D eigenvalue weighted by molar-refractivity contribution is 0.602. The predicted octanol–water partition coefficient (Wildman–Crippen LogP) is -0.870. The van der Waals surface area contributed by atoms with Gasteiger partial charge in [0.2, 0.25) is 0 Å². The van der Waals surface area contributed by atoms with E-state index in [2.05, 4.69) is 29.8 Å². The van der Waals surface area contributed by atoms with Gasteiger partial charge in [-0.1, -0.05) is 6.58 Å². The van der Waals surface area contributed by atoms with E-state index >= 15 is 0 Å². The predicted molar refractivity (Wildman–Crippen MR) is 40.0 cm³/mol. The van der Waals surface area contributed by atoms with Crippen LogP contribution in [0.25, 0.3) is 0 Å². The number of rotatable bonds is 2. The summed E-state index contributed by atoms with van der Waals surface area (Å²) in [7, 11) is 0. The third kappa shape index (κ3) is 1.80. The summed E-state index contributed by atoms with van der Waals surface area (Å²) in [6.45, 7) is 9.81. The second-order valence-electron chi connectivity index (χ2n) is 1.18. The summed E-state index contributed by atoms with van der Waals surface area (Å²) in [5.41, 5.74) is 5.25. The van der Waals surface area contributed by atoms with Crippen LogP contribution < -0.4 is 10.4 Å². The van der Waals surface area contributed by atoms with E-state index < -0.39 is 0 Å². The van der Waals surface area contributed by atoms with E-state index in [9.17, 15) is 0 Å². The zero-order valence-electron chi connectivity index (χ0n) is 5.12. The monoisotopic (exact) mass is 125 g/mol.